The Kier molecular flexibility index (Phi) is 3.13. The molecule has 2 heterocycles. The number of hydrogen-bond donors (Lipinski definition) is 1. The Labute approximate surface area is 125 Å². The Balaban J connectivity index is 2.22. The van der Waals surface area contributed by atoms with Crippen molar-refractivity contribution in [2.24, 2.45) is 0 Å². The fourth-order valence-corrected chi connectivity index (χ4v) is 3.18. The van der Waals surface area contributed by atoms with Crippen LogP contribution in [0.25, 0.3) is 20.7 Å². The smallest absolute Gasteiger partial charge is 0.268 e. The Morgan fingerprint density at radius 1 is 1.33 bits per heavy atom. The molecule has 0 atom stereocenters. The first-order valence-corrected chi connectivity index (χ1v) is 7.35. The van der Waals surface area contributed by atoms with Crippen LogP contribution >= 0.6 is 45.5 Å². The second-order valence-electron chi connectivity index (χ2n) is 3.69. The number of rotatable bonds is 1. The molecule has 0 saturated carbocycles. The zero-order valence-corrected chi connectivity index (χ0v) is 12.6. The number of halogens is 2. The first kappa shape index (κ1) is 12.1. The molecular weight excluding hydrogens is 383 g/mol. The van der Waals surface area contributed by atoms with Crippen LogP contribution in [0, 0.1) is 3.57 Å². The van der Waals surface area contributed by atoms with E-state index in [1.165, 1.54) is 17.7 Å². The Morgan fingerprint density at radius 2 is 2.17 bits per heavy atom. The largest absolute Gasteiger partial charge is 0.312 e. The normalized spacial score (nSPS) is 11.0. The van der Waals surface area contributed by atoms with Gasteiger partial charge in [0.15, 0.2) is 0 Å². The van der Waals surface area contributed by atoms with Crippen LogP contribution < -0.4 is 5.56 Å². The van der Waals surface area contributed by atoms with Crippen LogP contribution in [0.1, 0.15) is 0 Å². The van der Waals surface area contributed by atoms with Gasteiger partial charge < -0.3 is 4.98 Å². The van der Waals surface area contributed by atoms with Crippen molar-refractivity contribution in [3.8, 4) is 10.4 Å². The summed E-state index contributed by atoms with van der Waals surface area (Å²) in [6.45, 7) is 0. The Hall–Kier alpha value is -0.920. The SMILES string of the molecule is O=c1[nH]cnc2cc(-c3ccc(I)c(Cl)c3)sc12. The van der Waals surface area contributed by atoms with Gasteiger partial charge in [-0.05, 0) is 46.4 Å². The summed E-state index contributed by atoms with van der Waals surface area (Å²) in [7, 11) is 0. The van der Waals surface area contributed by atoms with Crippen molar-refractivity contribution in [3.63, 3.8) is 0 Å². The van der Waals surface area contributed by atoms with Crippen LogP contribution in [0.4, 0.5) is 0 Å². The van der Waals surface area contributed by atoms with Gasteiger partial charge in [0.05, 0.1) is 16.9 Å². The van der Waals surface area contributed by atoms with E-state index >= 15 is 0 Å². The van der Waals surface area contributed by atoms with E-state index in [0.29, 0.717) is 15.2 Å². The summed E-state index contributed by atoms with van der Waals surface area (Å²) in [6, 6.07) is 7.77. The van der Waals surface area contributed by atoms with Crippen LogP contribution in [0.5, 0.6) is 0 Å². The average molecular weight is 389 g/mol. The topological polar surface area (TPSA) is 45.8 Å². The number of aromatic nitrogens is 2. The molecule has 18 heavy (non-hydrogen) atoms. The van der Waals surface area contributed by atoms with Crippen LogP contribution in [0.3, 0.4) is 0 Å². The lowest BCUT2D eigenvalue weighted by atomic mass is 10.2. The molecule has 3 rings (SSSR count). The summed E-state index contributed by atoms with van der Waals surface area (Å²) < 4.78 is 1.65. The molecule has 0 amide bonds. The summed E-state index contributed by atoms with van der Waals surface area (Å²) in [5.41, 5.74) is 1.61. The minimum absolute atomic E-state index is 0.104. The fraction of sp³-hybridized carbons (Fsp3) is 0. The highest BCUT2D eigenvalue weighted by Gasteiger charge is 2.09. The van der Waals surface area contributed by atoms with Gasteiger partial charge in [-0.3, -0.25) is 4.79 Å². The summed E-state index contributed by atoms with van der Waals surface area (Å²) in [5, 5.41) is 0.715. The predicted molar refractivity (Wildman–Crippen MR) is 83.4 cm³/mol. The van der Waals surface area contributed by atoms with Gasteiger partial charge in [-0.1, -0.05) is 17.7 Å². The van der Waals surface area contributed by atoms with E-state index in [2.05, 4.69) is 32.6 Å². The predicted octanol–water partition coefficient (Wildman–Crippen LogP) is 3.91. The molecule has 0 radical (unpaired) electrons. The zero-order valence-electron chi connectivity index (χ0n) is 8.91. The average Bonchev–Trinajstić information content (AvgIpc) is 2.78. The van der Waals surface area contributed by atoms with E-state index in [-0.39, 0.29) is 5.56 Å². The third-order valence-corrected chi connectivity index (χ3v) is 5.27. The molecule has 3 aromatic rings. The molecule has 0 aliphatic carbocycles. The molecule has 0 saturated heterocycles. The van der Waals surface area contributed by atoms with E-state index < -0.39 is 0 Å². The van der Waals surface area contributed by atoms with E-state index in [0.717, 1.165) is 14.0 Å². The molecule has 1 N–H and O–H groups in total. The summed E-state index contributed by atoms with van der Waals surface area (Å²) in [4.78, 5) is 19.3. The molecule has 0 bridgehead atoms. The third kappa shape index (κ3) is 2.06. The number of benzene rings is 1. The zero-order chi connectivity index (χ0) is 12.7. The second-order valence-corrected chi connectivity index (χ2v) is 6.31. The summed E-state index contributed by atoms with van der Waals surface area (Å²) in [6.07, 6.45) is 1.42. The molecular formula is C12H6ClIN2OS. The lowest BCUT2D eigenvalue weighted by Gasteiger charge is -1.99. The second kappa shape index (κ2) is 4.64. The van der Waals surface area contributed by atoms with Gasteiger partial charge in [0.25, 0.3) is 5.56 Å². The van der Waals surface area contributed by atoms with E-state index in [4.69, 9.17) is 11.6 Å². The van der Waals surface area contributed by atoms with E-state index in [9.17, 15) is 4.79 Å². The van der Waals surface area contributed by atoms with Crippen molar-refractivity contribution in [2.75, 3.05) is 0 Å². The maximum Gasteiger partial charge on any atom is 0.268 e. The van der Waals surface area contributed by atoms with E-state index in [1.807, 2.05) is 24.3 Å². The number of thiophene rings is 1. The van der Waals surface area contributed by atoms with Gasteiger partial charge in [0, 0.05) is 8.45 Å². The molecule has 1 aromatic carbocycles. The van der Waals surface area contributed by atoms with Crippen LogP contribution in [-0.2, 0) is 0 Å². The monoisotopic (exact) mass is 388 g/mol. The molecule has 0 unspecified atom stereocenters. The molecule has 0 aliphatic heterocycles. The molecule has 0 spiro atoms. The van der Waals surface area contributed by atoms with Crippen molar-refractivity contribution in [1.82, 2.24) is 9.97 Å². The van der Waals surface area contributed by atoms with Gasteiger partial charge in [0.1, 0.15) is 4.70 Å². The van der Waals surface area contributed by atoms with Crippen molar-refractivity contribution in [3.05, 3.63) is 49.5 Å². The maximum atomic E-state index is 11.6. The fourth-order valence-electron chi connectivity index (χ4n) is 1.66. The van der Waals surface area contributed by atoms with Crippen LogP contribution in [0.2, 0.25) is 5.02 Å². The van der Waals surface area contributed by atoms with Gasteiger partial charge in [0.2, 0.25) is 0 Å². The number of fused-ring (bicyclic) bond motifs is 1. The summed E-state index contributed by atoms with van der Waals surface area (Å²) >= 11 is 9.72. The number of nitrogens with one attached hydrogen (secondary N) is 1. The number of hydrogen-bond acceptors (Lipinski definition) is 3. The number of nitrogens with zero attached hydrogens (tertiary/aromatic N) is 1. The van der Waals surface area contributed by atoms with Crippen molar-refractivity contribution < 1.29 is 0 Å². The number of aromatic amines is 1. The maximum absolute atomic E-state index is 11.6. The molecule has 90 valence electrons. The van der Waals surface area contributed by atoms with Gasteiger partial charge >= 0.3 is 0 Å². The van der Waals surface area contributed by atoms with Crippen molar-refractivity contribution in [1.29, 1.82) is 0 Å². The summed E-state index contributed by atoms with van der Waals surface area (Å²) in [5.74, 6) is 0. The Bertz CT molecular complexity index is 796. The van der Waals surface area contributed by atoms with E-state index in [1.54, 1.807) is 0 Å². The highest BCUT2D eigenvalue weighted by atomic mass is 127. The number of H-pyrrole nitrogens is 1. The van der Waals surface area contributed by atoms with Gasteiger partial charge in [-0.25, -0.2) is 4.98 Å². The highest BCUT2D eigenvalue weighted by Crippen LogP contribution is 2.33. The van der Waals surface area contributed by atoms with Crippen LogP contribution in [-0.4, -0.2) is 9.97 Å². The van der Waals surface area contributed by atoms with Crippen molar-refractivity contribution >= 4 is 55.7 Å². The molecule has 3 nitrogen and oxygen atoms in total. The third-order valence-electron chi connectivity index (χ3n) is 2.52. The molecule has 2 aromatic heterocycles. The first-order chi connectivity index (χ1) is 8.65. The highest BCUT2D eigenvalue weighted by molar-refractivity contribution is 14.1. The molecule has 0 fully saturated rings. The lowest BCUT2D eigenvalue weighted by molar-refractivity contribution is 1.18. The van der Waals surface area contributed by atoms with Crippen LogP contribution in [0.15, 0.2) is 35.4 Å². The Morgan fingerprint density at radius 3 is 2.89 bits per heavy atom. The van der Waals surface area contributed by atoms with Gasteiger partial charge in [-0.15, -0.1) is 11.3 Å². The standard InChI is InChI=1S/C12H6ClIN2OS/c13-7-3-6(1-2-8(7)14)10-4-9-11(18-10)12(17)16-5-15-9/h1-5H,(H,15,16,17). The van der Waals surface area contributed by atoms with Crippen molar-refractivity contribution in [2.45, 2.75) is 0 Å². The van der Waals surface area contributed by atoms with Gasteiger partial charge in [-0.2, -0.15) is 0 Å². The minimum Gasteiger partial charge on any atom is -0.312 e. The first-order valence-electron chi connectivity index (χ1n) is 5.08. The quantitative estimate of drug-likeness (QED) is 0.643. The minimum atomic E-state index is -0.104. The molecule has 0 aliphatic rings. The lowest BCUT2D eigenvalue weighted by Crippen LogP contribution is -2.02. The molecule has 6 heteroatoms.